The van der Waals surface area contributed by atoms with E-state index in [0.717, 1.165) is 57.8 Å². The Balaban J connectivity index is 5.98. The fourth-order valence-electron chi connectivity index (χ4n) is 5.34. The van der Waals surface area contributed by atoms with Crippen molar-refractivity contribution < 1.29 is 79.4 Å². The molecular weight excluding hydrogens is 735 g/mol. The molecule has 308 valence electrons. The third kappa shape index (κ3) is 13.5. The molecule has 0 rings (SSSR count). The highest BCUT2D eigenvalue weighted by Gasteiger charge is 2.93. The van der Waals surface area contributed by atoms with Crippen molar-refractivity contribution in [1.82, 2.24) is 0 Å². The summed E-state index contributed by atoms with van der Waals surface area (Å²) in [6.45, 7) is 3.16. The summed E-state index contributed by atoms with van der Waals surface area (Å²) < 4.78 is 243. The lowest BCUT2D eigenvalue weighted by Gasteiger charge is -2.44. The molecule has 1 unspecified atom stereocenters. The van der Waals surface area contributed by atoms with Crippen molar-refractivity contribution in [1.29, 1.82) is 0 Å². The van der Waals surface area contributed by atoms with Crippen molar-refractivity contribution in [2.75, 3.05) is 6.61 Å². The molecule has 0 aromatic carbocycles. The van der Waals surface area contributed by atoms with Crippen molar-refractivity contribution in [3.63, 3.8) is 0 Å². The Bertz CT molecular complexity index is 935. The van der Waals surface area contributed by atoms with Crippen LogP contribution in [-0.2, 0) is 4.74 Å². The summed E-state index contributed by atoms with van der Waals surface area (Å²) in [6, 6.07) is 0. The third-order valence-corrected chi connectivity index (χ3v) is 8.72. The summed E-state index contributed by atoms with van der Waals surface area (Å²) in [5.41, 5.74) is 0. The molecule has 0 aromatic rings. The van der Waals surface area contributed by atoms with Crippen LogP contribution in [0.25, 0.3) is 0 Å². The Hall–Kier alpha value is -1.23. The zero-order valence-corrected chi connectivity index (χ0v) is 29.0. The van der Waals surface area contributed by atoms with Gasteiger partial charge in [0, 0.05) is 19.4 Å². The van der Waals surface area contributed by atoms with Gasteiger partial charge in [0.2, 0.25) is 0 Å². The van der Waals surface area contributed by atoms with Crippen LogP contribution in [0.15, 0.2) is 0 Å². The molecule has 18 heteroatoms. The van der Waals surface area contributed by atoms with Crippen LogP contribution in [0, 0.1) is 0 Å². The predicted octanol–water partition coefficient (Wildman–Crippen LogP) is 14.6. The van der Waals surface area contributed by atoms with Crippen molar-refractivity contribution >= 4 is 0 Å². The van der Waals surface area contributed by atoms with E-state index >= 15 is 8.78 Å². The van der Waals surface area contributed by atoms with E-state index in [9.17, 15) is 65.9 Å². The van der Waals surface area contributed by atoms with Crippen LogP contribution in [0.1, 0.15) is 149 Å². The fraction of sp³-hybridized carbons (Fsp3) is 1.00. The number of rotatable bonds is 30. The van der Waals surface area contributed by atoms with Crippen LogP contribution in [-0.4, -0.2) is 60.3 Å². The van der Waals surface area contributed by atoms with Crippen molar-refractivity contribution in [3.05, 3.63) is 0 Å². The van der Waals surface area contributed by atoms with E-state index in [1.54, 1.807) is 0 Å². The normalized spacial score (nSPS) is 15.1. The molecule has 0 aliphatic carbocycles. The Morgan fingerprint density at radius 1 is 0.373 bits per heavy atom. The van der Waals surface area contributed by atoms with Crippen molar-refractivity contribution in [2.45, 2.75) is 202 Å². The first-order valence-electron chi connectivity index (χ1n) is 17.6. The van der Waals surface area contributed by atoms with E-state index in [-0.39, 0.29) is 12.8 Å². The molecule has 51 heavy (non-hydrogen) atoms. The van der Waals surface area contributed by atoms with Gasteiger partial charge in [-0.25, -0.2) is 0 Å². The van der Waals surface area contributed by atoms with Gasteiger partial charge in [-0.15, -0.1) is 0 Å². The van der Waals surface area contributed by atoms with Crippen LogP contribution in [0.5, 0.6) is 0 Å². The average molecular weight is 787 g/mol. The molecule has 0 saturated heterocycles. The lowest BCUT2D eigenvalue weighted by atomic mass is 9.86. The van der Waals surface area contributed by atoms with Gasteiger partial charge in [-0.05, 0) is 12.8 Å². The lowest BCUT2D eigenvalue weighted by molar-refractivity contribution is -0.446. The molecule has 0 aliphatic heterocycles. The highest BCUT2D eigenvalue weighted by atomic mass is 19.4. The number of ether oxygens (including phenoxy) is 1. The number of hydrogen-bond acceptors (Lipinski definition) is 1. The van der Waals surface area contributed by atoms with E-state index in [1.807, 2.05) is 6.92 Å². The molecule has 0 spiro atoms. The molecule has 0 saturated carbocycles. The largest absolute Gasteiger partial charge is 0.389 e. The zero-order chi connectivity index (χ0) is 39.8. The quantitative estimate of drug-likeness (QED) is 0.0521. The molecule has 0 heterocycles. The van der Waals surface area contributed by atoms with Gasteiger partial charge < -0.3 is 4.74 Å². The first-order valence-corrected chi connectivity index (χ1v) is 17.6. The summed E-state index contributed by atoms with van der Waals surface area (Å²) in [5.74, 6) is -53.5. The van der Waals surface area contributed by atoms with Crippen LogP contribution >= 0.6 is 0 Å². The van der Waals surface area contributed by atoms with Gasteiger partial charge in [-0.3, -0.25) is 0 Å². The second kappa shape index (κ2) is 21.0. The lowest BCUT2D eigenvalue weighted by Crippen LogP contribution is -2.74. The van der Waals surface area contributed by atoms with Crippen LogP contribution in [0.4, 0.5) is 74.6 Å². The molecule has 0 aliphatic rings. The summed E-state index contributed by atoms with van der Waals surface area (Å²) in [7, 11) is 0. The molecule has 0 radical (unpaired) electrons. The number of unbranched alkanes of at least 4 members (excludes halogenated alkanes) is 16. The molecule has 0 N–H and O–H groups in total. The number of halogens is 17. The summed E-state index contributed by atoms with van der Waals surface area (Å²) in [6.07, 6.45) is -5.18. The summed E-state index contributed by atoms with van der Waals surface area (Å²) in [5, 5.41) is 0. The molecule has 1 nitrogen and oxygen atoms in total. The van der Waals surface area contributed by atoms with E-state index in [1.165, 1.54) is 0 Å². The van der Waals surface area contributed by atoms with Gasteiger partial charge in [0.1, 0.15) is 6.10 Å². The smallest absolute Gasteiger partial charge is 0.372 e. The van der Waals surface area contributed by atoms with Crippen LogP contribution < -0.4 is 0 Å². The molecule has 1 atom stereocenters. The highest BCUT2D eigenvalue weighted by molar-refractivity contribution is 5.15. The van der Waals surface area contributed by atoms with Crippen molar-refractivity contribution in [3.8, 4) is 0 Å². The minimum atomic E-state index is -8.35. The minimum absolute atomic E-state index is 0.0491. The van der Waals surface area contributed by atoms with Crippen LogP contribution in [0.3, 0.4) is 0 Å². The van der Waals surface area contributed by atoms with E-state index < -0.39 is 86.0 Å². The van der Waals surface area contributed by atoms with E-state index in [4.69, 9.17) is 4.74 Å². The maximum atomic E-state index is 15.2. The average Bonchev–Trinajstić information content (AvgIpc) is 3.01. The predicted molar refractivity (Wildman–Crippen MR) is 159 cm³/mol. The maximum absolute atomic E-state index is 15.2. The monoisotopic (exact) mass is 786 g/mol. The maximum Gasteiger partial charge on any atom is 0.389 e. The van der Waals surface area contributed by atoms with Gasteiger partial charge in [0.25, 0.3) is 0 Å². The molecule has 0 amide bonds. The first kappa shape index (κ1) is 49.8. The summed E-state index contributed by atoms with van der Waals surface area (Å²) >= 11 is 0. The molecular formula is C33H51F17O. The van der Waals surface area contributed by atoms with Crippen LogP contribution in [0.2, 0.25) is 0 Å². The summed E-state index contributed by atoms with van der Waals surface area (Å²) in [4.78, 5) is 0. The Kier molecular flexibility index (Phi) is 20.5. The topological polar surface area (TPSA) is 9.23 Å². The number of hydrogen-bond donors (Lipinski definition) is 0. The first-order chi connectivity index (χ1) is 23.2. The van der Waals surface area contributed by atoms with Crippen molar-refractivity contribution in [2.24, 2.45) is 0 Å². The molecule has 0 aromatic heterocycles. The van der Waals surface area contributed by atoms with Gasteiger partial charge in [0.05, 0.1) is 0 Å². The standard InChI is InChI=1S/C33H51F17O/c1-3-5-7-9-11-12-13-14-16-18-20-24-51-25(21-19-17-15-10-8-6-4-2)28(39,40)30(43,44)32(47,48)33(49,50)31(45,46)29(41,42)26(34,35)22-23-27(36,37)38/h25H,3-24H2,1-2H3. The second-order valence-electron chi connectivity index (χ2n) is 13.1. The van der Waals surface area contributed by atoms with Gasteiger partial charge in [-0.1, -0.05) is 123 Å². The zero-order valence-electron chi connectivity index (χ0n) is 29.0. The van der Waals surface area contributed by atoms with E-state index in [2.05, 4.69) is 6.92 Å². The second-order valence-corrected chi connectivity index (χ2v) is 13.1. The van der Waals surface area contributed by atoms with Gasteiger partial charge in [-0.2, -0.15) is 74.6 Å². The Labute approximate surface area is 288 Å². The van der Waals surface area contributed by atoms with Gasteiger partial charge >= 0.3 is 47.6 Å². The van der Waals surface area contributed by atoms with Gasteiger partial charge in [0.15, 0.2) is 0 Å². The minimum Gasteiger partial charge on any atom is -0.372 e. The molecule has 0 fully saturated rings. The highest BCUT2D eigenvalue weighted by Crippen LogP contribution is 2.63. The molecule has 0 bridgehead atoms. The SMILES string of the molecule is CCCCCCCCCCCCCOC(CCCCCCCCC)C(F)(F)C(F)(F)C(F)(F)C(F)(F)C(F)(F)C(F)(F)C(F)(F)CCC(F)(F)F. The Morgan fingerprint density at radius 2 is 0.706 bits per heavy atom. The number of alkyl halides is 17. The third-order valence-electron chi connectivity index (χ3n) is 8.72. The van der Waals surface area contributed by atoms with E-state index in [0.29, 0.717) is 38.5 Å². The Morgan fingerprint density at radius 3 is 1.10 bits per heavy atom. The fourth-order valence-corrected chi connectivity index (χ4v) is 5.34.